The van der Waals surface area contributed by atoms with Gasteiger partial charge in [0.1, 0.15) is 5.82 Å². The Hall–Kier alpha value is -2.69. The van der Waals surface area contributed by atoms with E-state index < -0.39 is 0 Å². The van der Waals surface area contributed by atoms with Gasteiger partial charge < -0.3 is 10.2 Å². The van der Waals surface area contributed by atoms with Crippen LogP contribution in [-0.2, 0) is 11.2 Å². The number of hydrogen-bond acceptors (Lipinski definition) is 2. The topological polar surface area (TPSA) is 49.4 Å². The van der Waals surface area contributed by atoms with Gasteiger partial charge >= 0.3 is 0 Å². The second kappa shape index (κ2) is 6.19. The summed E-state index contributed by atoms with van der Waals surface area (Å²) in [6, 6.07) is 12.8. The van der Waals surface area contributed by atoms with Crippen LogP contribution in [0.2, 0.25) is 0 Å². The van der Waals surface area contributed by atoms with E-state index in [1.807, 2.05) is 30.3 Å². The third-order valence-corrected chi connectivity index (χ3v) is 6.29. The van der Waals surface area contributed by atoms with E-state index >= 15 is 0 Å². The summed E-state index contributed by atoms with van der Waals surface area (Å²) in [6.45, 7) is 0. The Bertz CT molecular complexity index is 910. The molecule has 0 saturated carbocycles. The molecule has 0 radical (unpaired) electrons. The lowest BCUT2D eigenvalue weighted by Gasteiger charge is -2.39. The molecule has 0 spiro atoms. The first-order valence-corrected chi connectivity index (χ1v) is 9.59. The number of amides is 2. The van der Waals surface area contributed by atoms with Gasteiger partial charge in [0.2, 0.25) is 5.91 Å². The molecule has 2 unspecified atom stereocenters. The molecule has 3 aliphatic heterocycles. The molecule has 5 heteroatoms. The minimum absolute atomic E-state index is 0.0187. The molecule has 5 rings (SSSR count). The van der Waals surface area contributed by atoms with Crippen molar-refractivity contribution in [3.05, 3.63) is 65.0 Å². The first-order valence-electron chi connectivity index (χ1n) is 9.59. The Labute approximate surface area is 157 Å². The fourth-order valence-corrected chi connectivity index (χ4v) is 5.01. The fraction of sp³-hybridized carbons (Fsp3) is 0.364. The lowest BCUT2D eigenvalue weighted by molar-refractivity contribution is -0.115. The molecule has 0 aliphatic carbocycles. The van der Waals surface area contributed by atoms with E-state index in [2.05, 4.69) is 10.2 Å². The minimum Gasteiger partial charge on any atom is -0.333 e. The lowest BCUT2D eigenvalue weighted by atomic mass is 9.84. The van der Waals surface area contributed by atoms with Gasteiger partial charge in [0.05, 0.1) is 6.42 Å². The van der Waals surface area contributed by atoms with Crippen LogP contribution in [-0.4, -0.2) is 28.8 Å². The van der Waals surface area contributed by atoms with E-state index in [-0.39, 0.29) is 29.7 Å². The number of nitrogens with one attached hydrogen (secondary N) is 1. The molecule has 2 bridgehead atoms. The Balaban J connectivity index is 1.36. The number of nitrogens with zero attached hydrogens (tertiary/aromatic N) is 1. The molecule has 3 heterocycles. The van der Waals surface area contributed by atoms with Crippen molar-refractivity contribution in [2.24, 2.45) is 0 Å². The third-order valence-electron chi connectivity index (χ3n) is 6.29. The summed E-state index contributed by atoms with van der Waals surface area (Å²) < 4.78 is 13.2. The normalized spacial score (nSPS) is 26.0. The van der Waals surface area contributed by atoms with Crippen LogP contribution in [0.25, 0.3) is 0 Å². The lowest BCUT2D eigenvalue weighted by Crippen LogP contribution is -2.46. The van der Waals surface area contributed by atoms with Crippen LogP contribution in [0.3, 0.4) is 0 Å². The number of carbonyl (C=O) groups excluding carboxylic acids is 2. The highest BCUT2D eigenvalue weighted by Crippen LogP contribution is 2.44. The van der Waals surface area contributed by atoms with Gasteiger partial charge in [0.25, 0.3) is 5.91 Å². The minimum atomic E-state index is -0.210. The first-order chi connectivity index (χ1) is 13.1. The third kappa shape index (κ3) is 2.82. The second-order valence-corrected chi connectivity index (χ2v) is 7.91. The zero-order valence-electron chi connectivity index (χ0n) is 15.0. The highest BCUT2D eigenvalue weighted by molar-refractivity contribution is 6.02. The average Bonchev–Trinajstić information content (AvgIpc) is 3.16. The first kappa shape index (κ1) is 16.5. The molecule has 2 aromatic carbocycles. The van der Waals surface area contributed by atoms with E-state index in [4.69, 9.17) is 0 Å². The van der Waals surface area contributed by atoms with Crippen molar-refractivity contribution in [1.29, 1.82) is 0 Å². The number of rotatable bonds is 2. The van der Waals surface area contributed by atoms with Crippen LogP contribution in [0.1, 0.15) is 53.1 Å². The summed E-state index contributed by atoms with van der Waals surface area (Å²) in [7, 11) is 0. The number of anilines is 1. The quantitative estimate of drug-likeness (QED) is 0.879. The summed E-state index contributed by atoms with van der Waals surface area (Å²) in [5.41, 5.74) is 3.53. The maximum Gasteiger partial charge on any atom is 0.254 e. The smallest absolute Gasteiger partial charge is 0.254 e. The largest absolute Gasteiger partial charge is 0.333 e. The van der Waals surface area contributed by atoms with E-state index in [9.17, 15) is 14.0 Å². The Morgan fingerprint density at radius 3 is 2.44 bits per heavy atom. The van der Waals surface area contributed by atoms with Gasteiger partial charge in [-0.3, -0.25) is 9.59 Å². The van der Waals surface area contributed by atoms with Gasteiger partial charge in [-0.15, -0.1) is 0 Å². The van der Waals surface area contributed by atoms with E-state index in [0.29, 0.717) is 17.9 Å². The molecule has 2 fully saturated rings. The standard InChI is InChI=1S/C22H21FN2O2/c23-17-5-3-13(4-6-17)16-9-18-7-8-19(10-16)25(18)22(27)15-2-1-14-12-21(26)24-20(14)11-15/h1-6,11,16,18-19H,7-10,12H2,(H,24,26). The molecule has 0 aromatic heterocycles. The molecule has 2 atom stereocenters. The molecule has 27 heavy (non-hydrogen) atoms. The van der Waals surface area contributed by atoms with Crippen LogP contribution >= 0.6 is 0 Å². The number of piperidine rings is 1. The summed E-state index contributed by atoms with van der Waals surface area (Å²) in [4.78, 5) is 26.8. The van der Waals surface area contributed by atoms with Gasteiger partial charge in [-0.1, -0.05) is 18.2 Å². The number of carbonyl (C=O) groups is 2. The predicted octanol–water partition coefficient (Wildman–Crippen LogP) is 3.87. The van der Waals surface area contributed by atoms with Gasteiger partial charge in [-0.05, 0) is 67.0 Å². The van der Waals surface area contributed by atoms with Gasteiger partial charge in [-0.25, -0.2) is 4.39 Å². The Morgan fingerprint density at radius 2 is 1.74 bits per heavy atom. The van der Waals surface area contributed by atoms with E-state index in [1.165, 1.54) is 17.7 Å². The van der Waals surface area contributed by atoms with E-state index in [1.54, 1.807) is 0 Å². The van der Waals surface area contributed by atoms with Gasteiger partial charge in [-0.2, -0.15) is 0 Å². The van der Waals surface area contributed by atoms with Crippen LogP contribution in [0, 0.1) is 5.82 Å². The molecule has 2 saturated heterocycles. The molecule has 3 aliphatic rings. The highest BCUT2D eigenvalue weighted by atomic mass is 19.1. The van der Waals surface area contributed by atoms with Crippen LogP contribution < -0.4 is 5.32 Å². The van der Waals surface area contributed by atoms with Crippen molar-refractivity contribution in [2.75, 3.05) is 5.32 Å². The van der Waals surface area contributed by atoms with Crippen molar-refractivity contribution in [1.82, 2.24) is 4.90 Å². The Kier molecular flexibility index (Phi) is 3.78. The molecule has 2 amide bonds. The van der Waals surface area contributed by atoms with Crippen molar-refractivity contribution in [2.45, 2.75) is 50.1 Å². The van der Waals surface area contributed by atoms with Gasteiger partial charge in [0.15, 0.2) is 0 Å². The molecular formula is C22H21FN2O2. The zero-order chi connectivity index (χ0) is 18.5. The average molecular weight is 364 g/mol. The number of fused-ring (bicyclic) bond motifs is 3. The van der Waals surface area contributed by atoms with Crippen LogP contribution in [0.5, 0.6) is 0 Å². The highest BCUT2D eigenvalue weighted by Gasteiger charge is 2.43. The fourth-order valence-electron chi connectivity index (χ4n) is 5.01. The maximum atomic E-state index is 13.2. The number of hydrogen-bond donors (Lipinski definition) is 1. The van der Waals surface area contributed by atoms with Crippen molar-refractivity contribution < 1.29 is 14.0 Å². The summed E-state index contributed by atoms with van der Waals surface area (Å²) in [6.07, 6.45) is 4.29. The molecule has 138 valence electrons. The van der Waals surface area contributed by atoms with Crippen molar-refractivity contribution in [3.8, 4) is 0 Å². The zero-order valence-corrected chi connectivity index (χ0v) is 15.0. The molecular weight excluding hydrogens is 343 g/mol. The Morgan fingerprint density at radius 1 is 1.04 bits per heavy atom. The predicted molar refractivity (Wildman–Crippen MR) is 100 cm³/mol. The molecule has 1 N–H and O–H groups in total. The maximum absolute atomic E-state index is 13.2. The monoisotopic (exact) mass is 364 g/mol. The number of halogens is 1. The molecule has 2 aromatic rings. The summed E-state index contributed by atoms with van der Waals surface area (Å²) in [5.74, 6) is 0.211. The van der Waals surface area contributed by atoms with E-state index in [0.717, 1.165) is 36.9 Å². The SMILES string of the molecule is O=C1Cc2ccc(C(=O)N3C4CCC3CC(c3ccc(F)cc3)C4)cc2N1. The summed E-state index contributed by atoms with van der Waals surface area (Å²) >= 11 is 0. The van der Waals surface area contributed by atoms with Gasteiger partial charge in [0, 0.05) is 23.3 Å². The van der Waals surface area contributed by atoms with Crippen LogP contribution in [0.15, 0.2) is 42.5 Å². The molecule has 4 nitrogen and oxygen atoms in total. The summed E-state index contributed by atoms with van der Waals surface area (Å²) in [5, 5.41) is 2.83. The van der Waals surface area contributed by atoms with Crippen LogP contribution in [0.4, 0.5) is 10.1 Å². The second-order valence-electron chi connectivity index (χ2n) is 7.91. The number of benzene rings is 2. The van der Waals surface area contributed by atoms with Crippen molar-refractivity contribution >= 4 is 17.5 Å². The van der Waals surface area contributed by atoms with Crippen molar-refractivity contribution in [3.63, 3.8) is 0 Å².